The van der Waals surface area contributed by atoms with E-state index < -0.39 is 0 Å². The van der Waals surface area contributed by atoms with E-state index in [-0.39, 0.29) is 0 Å². The van der Waals surface area contributed by atoms with Crippen LogP contribution < -0.4 is 5.32 Å². The Morgan fingerprint density at radius 2 is 1.52 bits per heavy atom. The van der Waals surface area contributed by atoms with Gasteiger partial charge in [-0.15, -0.1) is 0 Å². The summed E-state index contributed by atoms with van der Waals surface area (Å²) >= 11 is 18.6. The van der Waals surface area contributed by atoms with Crippen molar-refractivity contribution < 1.29 is 0 Å². The number of hydrogen-bond donors (Lipinski definition) is 1. The molecule has 1 aromatic rings. The summed E-state index contributed by atoms with van der Waals surface area (Å²) in [6.07, 6.45) is 3.61. The highest BCUT2D eigenvalue weighted by Gasteiger charge is 2.38. The molecule has 1 aliphatic rings. The Morgan fingerprint density at radius 1 is 1.00 bits per heavy atom. The summed E-state index contributed by atoms with van der Waals surface area (Å²) in [5.41, 5.74) is 1.62. The predicted molar refractivity (Wildman–Crippen MR) is 93.5 cm³/mol. The SMILES string of the molecule is CC1(C)CC(NCc2c(Cl)ccc(Cl)c2Cl)CC(C)(C)C1. The minimum atomic E-state index is 0.362. The summed E-state index contributed by atoms with van der Waals surface area (Å²) in [4.78, 5) is 0. The van der Waals surface area contributed by atoms with Crippen molar-refractivity contribution in [3.8, 4) is 0 Å². The fraction of sp³-hybridized carbons (Fsp3) is 0.647. The zero-order valence-corrected chi connectivity index (χ0v) is 15.5. The predicted octanol–water partition coefficient (Wildman–Crippen LogP) is 6.34. The minimum Gasteiger partial charge on any atom is -0.310 e. The molecular formula is C17H24Cl3N. The Kier molecular flexibility index (Phi) is 5.20. The number of halogens is 3. The van der Waals surface area contributed by atoms with E-state index in [0.29, 0.717) is 38.5 Å². The fourth-order valence-corrected chi connectivity index (χ4v) is 4.65. The number of rotatable bonds is 3. The lowest BCUT2D eigenvalue weighted by atomic mass is 9.63. The Labute approximate surface area is 143 Å². The molecule has 1 aliphatic carbocycles. The molecule has 0 heterocycles. The number of nitrogens with one attached hydrogen (secondary N) is 1. The third-order valence-electron chi connectivity index (χ3n) is 4.26. The molecule has 0 aromatic heterocycles. The van der Waals surface area contributed by atoms with E-state index in [1.807, 2.05) is 6.07 Å². The smallest absolute Gasteiger partial charge is 0.0652 e. The van der Waals surface area contributed by atoms with Gasteiger partial charge in [0.2, 0.25) is 0 Å². The van der Waals surface area contributed by atoms with Gasteiger partial charge in [0.05, 0.1) is 10.0 Å². The molecule has 0 unspecified atom stereocenters. The largest absolute Gasteiger partial charge is 0.310 e. The quantitative estimate of drug-likeness (QED) is 0.628. The van der Waals surface area contributed by atoms with Crippen LogP contribution in [0, 0.1) is 10.8 Å². The molecule has 1 aromatic carbocycles. The van der Waals surface area contributed by atoms with E-state index in [0.717, 1.165) is 5.56 Å². The Morgan fingerprint density at radius 3 is 2.10 bits per heavy atom. The molecule has 1 saturated carbocycles. The van der Waals surface area contributed by atoms with Crippen LogP contribution >= 0.6 is 34.8 Å². The van der Waals surface area contributed by atoms with E-state index >= 15 is 0 Å². The van der Waals surface area contributed by atoms with Crippen LogP contribution in [-0.4, -0.2) is 6.04 Å². The summed E-state index contributed by atoms with van der Waals surface area (Å²) in [7, 11) is 0. The van der Waals surface area contributed by atoms with Gasteiger partial charge in [0.1, 0.15) is 0 Å². The molecule has 0 radical (unpaired) electrons. The summed E-state index contributed by atoms with van der Waals surface area (Å²) in [5, 5.41) is 5.42. The van der Waals surface area contributed by atoms with Gasteiger partial charge in [0, 0.05) is 23.2 Å². The summed E-state index contributed by atoms with van der Waals surface area (Å²) < 4.78 is 0. The Balaban J connectivity index is 2.08. The highest BCUT2D eigenvalue weighted by atomic mass is 35.5. The van der Waals surface area contributed by atoms with Crippen molar-refractivity contribution in [3.05, 3.63) is 32.8 Å². The minimum absolute atomic E-state index is 0.362. The second-order valence-electron chi connectivity index (χ2n) is 7.81. The normalized spacial score (nSPS) is 21.5. The van der Waals surface area contributed by atoms with Crippen molar-refractivity contribution in [2.45, 2.75) is 59.5 Å². The van der Waals surface area contributed by atoms with E-state index in [9.17, 15) is 0 Å². The third kappa shape index (κ3) is 4.51. The lowest BCUT2D eigenvalue weighted by Crippen LogP contribution is -2.43. The maximum Gasteiger partial charge on any atom is 0.0652 e. The molecule has 21 heavy (non-hydrogen) atoms. The first kappa shape index (κ1) is 17.4. The zero-order chi connectivity index (χ0) is 15.8. The van der Waals surface area contributed by atoms with Gasteiger partial charge in [0.15, 0.2) is 0 Å². The monoisotopic (exact) mass is 347 g/mol. The first-order valence-corrected chi connectivity index (χ1v) is 8.59. The van der Waals surface area contributed by atoms with Gasteiger partial charge in [-0.25, -0.2) is 0 Å². The van der Waals surface area contributed by atoms with Crippen molar-refractivity contribution in [1.82, 2.24) is 5.32 Å². The summed E-state index contributed by atoms with van der Waals surface area (Å²) in [6.45, 7) is 10.1. The van der Waals surface area contributed by atoms with Crippen molar-refractivity contribution >= 4 is 34.8 Å². The van der Waals surface area contributed by atoms with Gasteiger partial charge < -0.3 is 5.32 Å². The van der Waals surface area contributed by atoms with Crippen molar-refractivity contribution in [2.24, 2.45) is 10.8 Å². The molecule has 1 nitrogen and oxygen atoms in total. The second kappa shape index (κ2) is 6.28. The second-order valence-corrected chi connectivity index (χ2v) is 9.01. The van der Waals surface area contributed by atoms with Crippen LogP contribution in [0.3, 0.4) is 0 Å². The average molecular weight is 349 g/mol. The van der Waals surface area contributed by atoms with E-state index in [1.165, 1.54) is 19.3 Å². The van der Waals surface area contributed by atoms with Gasteiger partial charge >= 0.3 is 0 Å². The number of benzene rings is 1. The van der Waals surface area contributed by atoms with Crippen LogP contribution in [0.5, 0.6) is 0 Å². The Hall–Kier alpha value is 0.0500. The van der Waals surface area contributed by atoms with E-state index in [2.05, 4.69) is 33.0 Å². The molecule has 0 amide bonds. The molecule has 0 atom stereocenters. The van der Waals surface area contributed by atoms with Crippen molar-refractivity contribution in [3.63, 3.8) is 0 Å². The van der Waals surface area contributed by atoms with Gasteiger partial charge in [-0.2, -0.15) is 0 Å². The molecule has 0 aliphatic heterocycles. The fourth-order valence-electron chi connectivity index (χ4n) is 3.97. The summed E-state index contributed by atoms with van der Waals surface area (Å²) in [6, 6.07) is 4.03. The van der Waals surface area contributed by atoms with Crippen molar-refractivity contribution in [1.29, 1.82) is 0 Å². The maximum atomic E-state index is 6.27. The third-order valence-corrected chi connectivity index (χ3v) is 5.46. The lowest BCUT2D eigenvalue weighted by molar-refractivity contribution is 0.0845. The van der Waals surface area contributed by atoms with Crippen LogP contribution in [0.4, 0.5) is 0 Å². The molecule has 0 bridgehead atoms. The topological polar surface area (TPSA) is 12.0 Å². The van der Waals surface area contributed by atoms with Crippen LogP contribution in [0.25, 0.3) is 0 Å². The van der Waals surface area contributed by atoms with Crippen LogP contribution in [0.2, 0.25) is 15.1 Å². The molecule has 1 fully saturated rings. The molecule has 2 rings (SSSR count). The van der Waals surface area contributed by atoms with E-state index in [4.69, 9.17) is 34.8 Å². The summed E-state index contributed by atoms with van der Waals surface area (Å²) in [5.74, 6) is 0. The van der Waals surface area contributed by atoms with Gasteiger partial charge in [-0.3, -0.25) is 0 Å². The highest BCUT2D eigenvalue weighted by molar-refractivity contribution is 6.44. The first-order chi connectivity index (χ1) is 9.60. The average Bonchev–Trinajstić information content (AvgIpc) is 2.30. The molecule has 4 heteroatoms. The number of hydrogen-bond acceptors (Lipinski definition) is 1. The van der Waals surface area contributed by atoms with Crippen LogP contribution in [0.1, 0.15) is 52.5 Å². The highest BCUT2D eigenvalue weighted by Crippen LogP contribution is 2.45. The Bertz CT molecular complexity index is 507. The van der Waals surface area contributed by atoms with Gasteiger partial charge in [-0.1, -0.05) is 62.5 Å². The van der Waals surface area contributed by atoms with E-state index in [1.54, 1.807) is 6.07 Å². The molecule has 0 spiro atoms. The lowest BCUT2D eigenvalue weighted by Gasteiger charge is -2.45. The molecule has 118 valence electrons. The maximum absolute atomic E-state index is 6.27. The van der Waals surface area contributed by atoms with Crippen LogP contribution in [-0.2, 0) is 6.54 Å². The molecular weight excluding hydrogens is 325 g/mol. The van der Waals surface area contributed by atoms with Gasteiger partial charge in [0.25, 0.3) is 0 Å². The van der Waals surface area contributed by atoms with Crippen molar-refractivity contribution in [2.75, 3.05) is 0 Å². The first-order valence-electron chi connectivity index (χ1n) is 7.45. The molecule has 0 saturated heterocycles. The molecule has 1 N–H and O–H groups in total. The van der Waals surface area contributed by atoms with Crippen LogP contribution in [0.15, 0.2) is 12.1 Å². The van der Waals surface area contributed by atoms with Gasteiger partial charge in [-0.05, 0) is 42.2 Å². The standard InChI is InChI=1S/C17H24Cl3N/c1-16(2)7-11(8-17(3,4)10-16)21-9-12-13(18)5-6-14(19)15(12)20/h5-6,11,21H,7-10H2,1-4H3. The zero-order valence-electron chi connectivity index (χ0n) is 13.2.